The van der Waals surface area contributed by atoms with Crippen molar-refractivity contribution >= 4 is 21.6 Å². The molecule has 156 valence electrons. The molecule has 0 N–H and O–H groups in total. The highest BCUT2D eigenvalue weighted by Crippen LogP contribution is 2.26. The summed E-state index contributed by atoms with van der Waals surface area (Å²) >= 11 is 0. The zero-order chi connectivity index (χ0) is 20.9. The van der Waals surface area contributed by atoms with Gasteiger partial charge in [-0.15, -0.1) is 0 Å². The first kappa shape index (κ1) is 21.2. The lowest BCUT2D eigenvalue weighted by Gasteiger charge is -2.32. The van der Waals surface area contributed by atoms with Crippen LogP contribution in [-0.2, 0) is 14.8 Å². The van der Waals surface area contributed by atoms with Crippen molar-refractivity contribution in [1.82, 2.24) is 4.90 Å². The summed E-state index contributed by atoms with van der Waals surface area (Å²) in [6, 6.07) is 15.1. The minimum absolute atomic E-state index is 0.130. The molecule has 0 radical (unpaired) electrons. The van der Waals surface area contributed by atoms with E-state index in [0.717, 1.165) is 12.8 Å². The van der Waals surface area contributed by atoms with E-state index in [-0.39, 0.29) is 17.3 Å². The quantitative estimate of drug-likeness (QED) is 0.692. The van der Waals surface area contributed by atoms with E-state index in [1.807, 2.05) is 13.0 Å². The number of ether oxygens (including phenoxy) is 1. The highest BCUT2D eigenvalue weighted by atomic mass is 32.2. The Labute approximate surface area is 173 Å². The van der Waals surface area contributed by atoms with Gasteiger partial charge in [-0.1, -0.05) is 25.1 Å². The predicted octanol–water partition coefficient (Wildman–Crippen LogP) is 3.54. The zero-order valence-electron chi connectivity index (χ0n) is 17.0. The fourth-order valence-corrected chi connectivity index (χ4v) is 4.81. The number of hydrogen-bond acceptors (Lipinski definition) is 4. The van der Waals surface area contributed by atoms with Gasteiger partial charge < -0.3 is 9.64 Å². The molecule has 0 aliphatic carbocycles. The molecular formula is C22H28N2O4S. The van der Waals surface area contributed by atoms with Crippen molar-refractivity contribution in [2.75, 3.05) is 30.5 Å². The zero-order valence-corrected chi connectivity index (χ0v) is 17.8. The number of amides is 1. The van der Waals surface area contributed by atoms with Gasteiger partial charge in [-0.2, -0.15) is 0 Å². The first-order valence-electron chi connectivity index (χ1n) is 10.00. The molecule has 1 fully saturated rings. The van der Waals surface area contributed by atoms with E-state index < -0.39 is 10.0 Å². The highest BCUT2D eigenvalue weighted by Gasteiger charge is 2.30. The molecule has 1 amide bonds. The second-order valence-corrected chi connectivity index (χ2v) is 9.18. The van der Waals surface area contributed by atoms with Crippen molar-refractivity contribution in [3.05, 3.63) is 54.6 Å². The molecule has 0 aromatic heterocycles. The van der Waals surface area contributed by atoms with Crippen molar-refractivity contribution in [3.63, 3.8) is 0 Å². The van der Waals surface area contributed by atoms with E-state index in [0.29, 0.717) is 37.1 Å². The smallest absolute Gasteiger partial charge is 0.264 e. The predicted molar refractivity (Wildman–Crippen MR) is 114 cm³/mol. The number of piperidine rings is 1. The standard InChI is InChI=1S/C22H28N2O4S/c1-3-28-20-9-11-21(12-10-20)29(26,27)24(19-7-5-4-6-8-19)17-22(25)23-15-13-18(2)14-16-23/h4-12,18H,3,13-17H2,1-2H3. The van der Waals surface area contributed by atoms with Gasteiger partial charge in [0.25, 0.3) is 10.0 Å². The number of para-hydroxylation sites is 1. The lowest BCUT2D eigenvalue weighted by molar-refractivity contribution is -0.130. The molecular weight excluding hydrogens is 388 g/mol. The summed E-state index contributed by atoms with van der Waals surface area (Å²) in [7, 11) is -3.90. The first-order valence-corrected chi connectivity index (χ1v) is 11.4. The molecule has 0 spiro atoms. The molecule has 0 bridgehead atoms. The summed E-state index contributed by atoms with van der Waals surface area (Å²) in [6.07, 6.45) is 1.89. The highest BCUT2D eigenvalue weighted by molar-refractivity contribution is 7.92. The molecule has 2 aromatic carbocycles. The maximum atomic E-state index is 13.4. The Balaban J connectivity index is 1.87. The Morgan fingerprint density at radius 2 is 1.69 bits per heavy atom. The van der Waals surface area contributed by atoms with Gasteiger partial charge in [0.15, 0.2) is 0 Å². The molecule has 29 heavy (non-hydrogen) atoms. The maximum absolute atomic E-state index is 13.4. The topological polar surface area (TPSA) is 66.9 Å². The van der Waals surface area contributed by atoms with Crippen LogP contribution in [0.15, 0.2) is 59.5 Å². The van der Waals surface area contributed by atoms with E-state index in [9.17, 15) is 13.2 Å². The maximum Gasteiger partial charge on any atom is 0.264 e. The minimum Gasteiger partial charge on any atom is -0.494 e. The molecule has 2 aromatic rings. The molecule has 0 saturated carbocycles. The second-order valence-electron chi connectivity index (χ2n) is 7.31. The van der Waals surface area contributed by atoms with Crippen molar-refractivity contribution in [2.24, 2.45) is 5.92 Å². The number of likely N-dealkylation sites (tertiary alicyclic amines) is 1. The summed E-state index contributed by atoms with van der Waals surface area (Å²) in [6.45, 7) is 5.68. The number of carbonyl (C=O) groups is 1. The van der Waals surface area contributed by atoms with Crippen LogP contribution in [0.5, 0.6) is 5.75 Å². The van der Waals surface area contributed by atoms with Crippen LogP contribution < -0.4 is 9.04 Å². The molecule has 0 atom stereocenters. The van der Waals surface area contributed by atoms with Crippen LogP contribution >= 0.6 is 0 Å². The Hall–Kier alpha value is -2.54. The third-order valence-corrected chi connectivity index (χ3v) is 6.97. The van der Waals surface area contributed by atoms with Gasteiger partial charge in [-0.05, 0) is 62.1 Å². The van der Waals surface area contributed by atoms with Crippen molar-refractivity contribution in [2.45, 2.75) is 31.6 Å². The van der Waals surface area contributed by atoms with Crippen LogP contribution in [0.4, 0.5) is 5.69 Å². The number of sulfonamides is 1. The van der Waals surface area contributed by atoms with E-state index in [2.05, 4.69) is 6.92 Å². The summed E-state index contributed by atoms with van der Waals surface area (Å²) in [5.74, 6) is 1.03. The van der Waals surface area contributed by atoms with Crippen LogP contribution in [0.3, 0.4) is 0 Å². The molecule has 1 heterocycles. The Kier molecular flexibility index (Phi) is 6.79. The molecule has 6 nitrogen and oxygen atoms in total. The van der Waals surface area contributed by atoms with E-state index in [4.69, 9.17) is 4.74 Å². The number of benzene rings is 2. The molecule has 3 rings (SSSR count). The molecule has 1 aliphatic rings. The number of hydrogen-bond donors (Lipinski definition) is 0. The van der Waals surface area contributed by atoms with Crippen LogP contribution in [0.1, 0.15) is 26.7 Å². The summed E-state index contributed by atoms with van der Waals surface area (Å²) in [4.78, 5) is 14.8. The number of carbonyl (C=O) groups excluding carboxylic acids is 1. The van der Waals surface area contributed by atoms with Gasteiger partial charge in [-0.25, -0.2) is 8.42 Å². The summed E-state index contributed by atoms with van der Waals surface area (Å²) < 4.78 is 33.4. The van der Waals surface area contributed by atoms with Crippen molar-refractivity contribution in [3.8, 4) is 5.75 Å². The second kappa shape index (κ2) is 9.31. The van der Waals surface area contributed by atoms with Crippen molar-refractivity contribution < 1.29 is 17.9 Å². The number of anilines is 1. The normalized spacial score (nSPS) is 15.2. The van der Waals surface area contributed by atoms with Crippen LogP contribution in [-0.4, -0.2) is 45.5 Å². The first-order chi connectivity index (χ1) is 13.9. The van der Waals surface area contributed by atoms with Gasteiger partial charge in [0.2, 0.25) is 5.91 Å². The monoisotopic (exact) mass is 416 g/mol. The Bertz CT molecular complexity index is 906. The molecule has 0 unspecified atom stereocenters. The van der Waals surface area contributed by atoms with E-state index in [1.165, 1.54) is 16.4 Å². The van der Waals surface area contributed by atoms with Crippen molar-refractivity contribution in [1.29, 1.82) is 0 Å². The summed E-state index contributed by atoms with van der Waals surface area (Å²) in [5, 5.41) is 0. The Morgan fingerprint density at radius 3 is 2.28 bits per heavy atom. The van der Waals surface area contributed by atoms with E-state index >= 15 is 0 Å². The summed E-state index contributed by atoms with van der Waals surface area (Å²) in [5.41, 5.74) is 0.472. The van der Waals surface area contributed by atoms with E-state index in [1.54, 1.807) is 41.3 Å². The van der Waals surface area contributed by atoms with Gasteiger partial charge in [0.1, 0.15) is 12.3 Å². The van der Waals surface area contributed by atoms with Crippen LogP contribution in [0.2, 0.25) is 0 Å². The average Bonchev–Trinajstić information content (AvgIpc) is 2.73. The number of nitrogens with zero attached hydrogens (tertiary/aromatic N) is 2. The van der Waals surface area contributed by atoms with Gasteiger partial charge in [0, 0.05) is 13.1 Å². The minimum atomic E-state index is -3.90. The third kappa shape index (κ3) is 5.09. The molecule has 7 heteroatoms. The van der Waals surface area contributed by atoms with Gasteiger partial charge >= 0.3 is 0 Å². The lowest BCUT2D eigenvalue weighted by Crippen LogP contribution is -2.45. The SMILES string of the molecule is CCOc1ccc(S(=O)(=O)N(CC(=O)N2CCC(C)CC2)c2ccccc2)cc1. The third-order valence-electron chi connectivity index (χ3n) is 5.18. The Morgan fingerprint density at radius 1 is 1.07 bits per heavy atom. The molecule has 1 saturated heterocycles. The largest absolute Gasteiger partial charge is 0.494 e. The lowest BCUT2D eigenvalue weighted by atomic mass is 9.99. The van der Waals surface area contributed by atoms with Gasteiger partial charge in [0.05, 0.1) is 17.2 Å². The fourth-order valence-electron chi connectivity index (χ4n) is 3.39. The van der Waals surface area contributed by atoms with Crippen LogP contribution in [0, 0.1) is 5.92 Å². The molecule has 1 aliphatic heterocycles. The number of rotatable bonds is 7. The fraction of sp³-hybridized carbons (Fsp3) is 0.409. The average molecular weight is 417 g/mol. The van der Waals surface area contributed by atoms with Gasteiger partial charge in [-0.3, -0.25) is 9.10 Å². The van der Waals surface area contributed by atoms with Crippen LogP contribution in [0.25, 0.3) is 0 Å².